The molecule has 2 rings (SSSR count). The van der Waals surface area contributed by atoms with E-state index in [0.29, 0.717) is 12.1 Å². The predicted molar refractivity (Wildman–Crippen MR) is 62.5 cm³/mol. The largest absolute Gasteiger partial charge is 0.376 e. The summed E-state index contributed by atoms with van der Waals surface area (Å²) in [4.78, 5) is 11.7. The summed E-state index contributed by atoms with van der Waals surface area (Å²) in [6.07, 6.45) is 2.36. The van der Waals surface area contributed by atoms with Crippen LogP contribution in [0, 0.1) is 6.92 Å². The lowest BCUT2D eigenvalue weighted by Crippen LogP contribution is -2.31. The third-order valence-electron chi connectivity index (χ3n) is 2.83. The first-order chi connectivity index (χ1) is 7.75. The van der Waals surface area contributed by atoms with Gasteiger partial charge in [-0.05, 0) is 31.9 Å². The third kappa shape index (κ3) is 2.83. The maximum atomic E-state index is 11.7. The Morgan fingerprint density at radius 3 is 2.81 bits per heavy atom. The van der Waals surface area contributed by atoms with Gasteiger partial charge in [0.15, 0.2) is 0 Å². The molecule has 1 aliphatic rings. The molecule has 0 radical (unpaired) electrons. The van der Waals surface area contributed by atoms with E-state index >= 15 is 0 Å². The Kier molecular flexibility index (Phi) is 3.57. The van der Waals surface area contributed by atoms with Crippen molar-refractivity contribution < 1.29 is 9.53 Å². The number of carbonyl (C=O) groups excluding carboxylic acids is 1. The molecule has 0 saturated carbocycles. The van der Waals surface area contributed by atoms with Crippen LogP contribution in [0.3, 0.4) is 0 Å². The van der Waals surface area contributed by atoms with Crippen LogP contribution in [0.5, 0.6) is 0 Å². The van der Waals surface area contributed by atoms with Gasteiger partial charge in [-0.25, -0.2) is 0 Å². The van der Waals surface area contributed by atoms with E-state index in [0.717, 1.165) is 25.0 Å². The molecule has 16 heavy (non-hydrogen) atoms. The number of nitrogens with one attached hydrogen (secondary N) is 1. The van der Waals surface area contributed by atoms with Crippen molar-refractivity contribution >= 4 is 5.91 Å². The lowest BCUT2D eigenvalue weighted by Gasteiger charge is -2.10. The van der Waals surface area contributed by atoms with E-state index in [1.54, 1.807) is 0 Å². The van der Waals surface area contributed by atoms with E-state index < -0.39 is 0 Å². The molecule has 0 aromatic heterocycles. The molecule has 3 nitrogen and oxygen atoms in total. The van der Waals surface area contributed by atoms with Crippen LogP contribution in [0.15, 0.2) is 24.3 Å². The molecular weight excluding hydrogens is 202 g/mol. The summed E-state index contributed by atoms with van der Waals surface area (Å²) in [5, 5.41) is 2.90. The van der Waals surface area contributed by atoms with Gasteiger partial charge in [-0.3, -0.25) is 4.79 Å². The minimum Gasteiger partial charge on any atom is -0.376 e. The quantitative estimate of drug-likeness (QED) is 0.843. The smallest absolute Gasteiger partial charge is 0.251 e. The Hall–Kier alpha value is -1.35. The number of rotatable bonds is 3. The summed E-state index contributed by atoms with van der Waals surface area (Å²) in [6.45, 7) is 3.45. The van der Waals surface area contributed by atoms with Gasteiger partial charge in [-0.1, -0.05) is 17.7 Å². The number of benzene rings is 1. The zero-order chi connectivity index (χ0) is 11.4. The summed E-state index contributed by atoms with van der Waals surface area (Å²) >= 11 is 0. The van der Waals surface area contributed by atoms with Gasteiger partial charge in [0.05, 0.1) is 6.10 Å². The first-order valence-electron chi connectivity index (χ1n) is 5.72. The molecule has 86 valence electrons. The molecule has 1 aromatic carbocycles. The summed E-state index contributed by atoms with van der Waals surface area (Å²) in [5.74, 6) is -0.0181. The fourth-order valence-corrected chi connectivity index (χ4v) is 1.82. The van der Waals surface area contributed by atoms with E-state index in [1.165, 1.54) is 0 Å². The fourth-order valence-electron chi connectivity index (χ4n) is 1.82. The number of hydrogen-bond acceptors (Lipinski definition) is 2. The number of aryl methyl sites for hydroxylation is 1. The van der Waals surface area contributed by atoms with Gasteiger partial charge in [-0.2, -0.15) is 0 Å². The van der Waals surface area contributed by atoms with Gasteiger partial charge in [0.1, 0.15) is 0 Å². The molecule has 3 heteroatoms. The first-order valence-corrected chi connectivity index (χ1v) is 5.72. The highest BCUT2D eigenvalue weighted by molar-refractivity contribution is 5.94. The van der Waals surface area contributed by atoms with E-state index in [-0.39, 0.29) is 12.0 Å². The van der Waals surface area contributed by atoms with Crippen LogP contribution in [-0.2, 0) is 4.74 Å². The van der Waals surface area contributed by atoms with Crippen molar-refractivity contribution in [1.29, 1.82) is 0 Å². The monoisotopic (exact) mass is 219 g/mol. The van der Waals surface area contributed by atoms with Crippen LogP contribution < -0.4 is 5.32 Å². The Morgan fingerprint density at radius 2 is 2.19 bits per heavy atom. The molecule has 1 atom stereocenters. The average molecular weight is 219 g/mol. The molecule has 1 fully saturated rings. The van der Waals surface area contributed by atoms with E-state index in [1.807, 2.05) is 31.2 Å². The minimum atomic E-state index is -0.0181. The van der Waals surface area contributed by atoms with Crippen LogP contribution in [0.2, 0.25) is 0 Å². The number of amides is 1. The second kappa shape index (κ2) is 5.12. The fraction of sp³-hybridized carbons (Fsp3) is 0.462. The molecule has 1 aliphatic heterocycles. The Balaban J connectivity index is 1.85. The molecule has 0 unspecified atom stereocenters. The predicted octanol–water partition coefficient (Wildman–Crippen LogP) is 1.90. The Labute approximate surface area is 95.8 Å². The normalized spacial score (nSPS) is 19.7. The standard InChI is InChI=1S/C13H17NO2/c1-10-4-6-11(7-5-10)13(15)14-9-12-3-2-8-16-12/h4-7,12H,2-3,8-9H2,1H3,(H,14,15)/t12-/m0/s1. The topological polar surface area (TPSA) is 38.3 Å². The molecule has 1 saturated heterocycles. The number of ether oxygens (including phenoxy) is 1. The van der Waals surface area contributed by atoms with E-state index in [9.17, 15) is 4.79 Å². The second-order valence-electron chi connectivity index (χ2n) is 4.21. The molecule has 1 heterocycles. The molecule has 0 bridgehead atoms. The zero-order valence-electron chi connectivity index (χ0n) is 9.53. The van der Waals surface area contributed by atoms with Crippen LogP contribution in [0.1, 0.15) is 28.8 Å². The van der Waals surface area contributed by atoms with E-state index in [2.05, 4.69) is 5.32 Å². The highest BCUT2D eigenvalue weighted by Crippen LogP contribution is 2.11. The molecule has 0 aliphatic carbocycles. The van der Waals surface area contributed by atoms with E-state index in [4.69, 9.17) is 4.74 Å². The molecule has 1 N–H and O–H groups in total. The second-order valence-corrected chi connectivity index (χ2v) is 4.21. The average Bonchev–Trinajstić information content (AvgIpc) is 2.80. The van der Waals surface area contributed by atoms with Crippen molar-refractivity contribution in [3.8, 4) is 0 Å². The SMILES string of the molecule is Cc1ccc(C(=O)NC[C@@H]2CCCO2)cc1. The van der Waals surface area contributed by atoms with Crippen molar-refractivity contribution in [2.75, 3.05) is 13.2 Å². The summed E-state index contributed by atoms with van der Waals surface area (Å²) in [5.41, 5.74) is 1.87. The van der Waals surface area contributed by atoms with Crippen molar-refractivity contribution in [2.45, 2.75) is 25.9 Å². The lowest BCUT2D eigenvalue weighted by atomic mass is 10.1. The van der Waals surface area contributed by atoms with Gasteiger partial charge in [-0.15, -0.1) is 0 Å². The Bertz CT molecular complexity index is 353. The van der Waals surface area contributed by atoms with Crippen LogP contribution >= 0.6 is 0 Å². The lowest BCUT2D eigenvalue weighted by molar-refractivity contribution is 0.0858. The van der Waals surface area contributed by atoms with Crippen molar-refractivity contribution in [1.82, 2.24) is 5.32 Å². The first kappa shape index (κ1) is 11.1. The van der Waals surface area contributed by atoms with Crippen LogP contribution in [0.25, 0.3) is 0 Å². The molecule has 1 aromatic rings. The van der Waals surface area contributed by atoms with Gasteiger partial charge in [0.25, 0.3) is 5.91 Å². The van der Waals surface area contributed by atoms with Crippen LogP contribution in [0.4, 0.5) is 0 Å². The number of carbonyl (C=O) groups is 1. The molecule has 0 spiro atoms. The summed E-state index contributed by atoms with van der Waals surface area (Å²) in [6, 6.07) is 7.59. The van der Waals surface area contributed by atoms with Gasteiger partial charge in [0, 0.05) is 18.7 Å². The molecule has 1 amide bonds. The van der Waals surface area contributed by atoms with Gasteiger partial charge >= 0.3 is 0 Å². The summed E-state index contributed by atoms with van der Waals surface area (Å²) in [7, 11) is 0. The van der Waals surface area contributed by atoms with Crippen molar-refractivity contribution in [3.63, 3.8) is 0 Å². The van der Waals surface area contributed by atoms with Gasteiger partial charge < -0.3 is 10.1 Å². The minimum absolute atomic E-state index is 0.0181. The summed E-state index contributed by atoms with van der Waals surface area (Å²) < 4.78 is 5.44. The number of hydrogen-bond donors (Lipinski definition) is 1. The highest BCUT2D eigenvalue weighted by atomic mass is 16.5. The van der Waals surface area contributed by atoms with Crippen molar-refractivity contribution in [3.05, 3.63) is 35.4 Å². The highest BCUT2D eigenvalue weighted by Gasteiger charge is 2.16. The third-order valence-corrected chi connectivity index (χ3v) is 2.83. The maximum Gasteiger partial charge on any atom is 0.251 e. The molecular formula is C13H17NO2. The zero-order valence-corrected chi connectivity index (χ0v) is 9.53. The maximum absolute atomic E-state index is 11.7. The van der Waals surface area contributed by atoms with Gasteiger partial charge in [0.2, 0.25) is 0 Å². The van der Waals surface area contributed by atoms with Crippen LogP contribution in [-0.4, -0.2) is 25.2 Å². The van der Waals surface area contributed by atoms with Crippen molar-refractivity contribution in [2.24, 2.45) is 0 Å². The Morgan fingerprint density at radius 1 is 1.44 bits per heavy atom.